The molecule has 1 rings (SSSR count). The van der Waals surface area contributed by atoms with E-state index in [2.05, 4.69) is 11.9 Å². The summed E-state index contributed by atoms with van der Waals surface area (Å²) in [6, 6.07) is 0.643. The van der Waals surface area contributed by atoms with E-state index in [4.69, 9.17) is 4.74 Å². The van der Waals surface area contributed by atoms with Gasteiger partial charge in [-0.15, -0.1) is 6.58 Å². The van der Waals surface area contributed by atoms with Crippen molar-refractivity contribution in [1.82, 2.24) is 5.32 Å². The number of unbranched alkanes of at least 4 members (excludes halogenated alkanes) is 3. The molecule has 0 amide bonds. The van der Waals surface area contributed by atoms with Gasteiger partial charge in [-0.1, -0.05) is 12.5 Å². The molecule has 0 spiro atoms. The van der Waals surface area contributed by atoms with E-state index in [1.165, 1.54) is 19.3 Å². The first kappa shape index (κ1) is 9.75. The van der Waals surface area contributed by atoms with Crippen LogP contribution in [0.5, 0.6) is 0 Å². The molecule has 0 bridgehead atoms. The Balaban J connectivity index is 1.73. The van der Waals surface area contributed by atoms with E-state index < -0.39 is 0 Å². The molecule has 0 radical (unpaired) electrons. The molecule has 0 atom stereocenters. The lowest BCUT2D eigenvalue weighted by atomic mass is 10.2. The van der Waals surface area contributed by atoms with Crippen LogP contribution in [0.25, 0.3) is 0 Å². The molecule has 2 heteroatoms. The first-order chi connectivity index (χ1) is 5.93. The largest absolute Gasteiger partial charge is 0.378 e. The highest BCUT2D eigenvalue weighted by atomic mass is 16.5. The van der Waals surface area contributed by atoms with Crippen LogP contribution in [0.15, 0.2) is 12.7 Å². The summed E-state index contributed by atoms with van der Waals surface area (Å²) in [5.41, 5.74) is 0. The average Bonchev–Trinajstić information content (AvgIpc) is 2.00. The zero-order valence-electron chi connectivity index (χ0n) is 7.72. The molecular weight excluding hydrogens is 150 g/mol. The first-order valence-corrected chi connectivity index (χ1v) is 4.85. The van der Waals surface area contributed by atoms with Crippen LogP contribution < -0.4 is 5.32 Å². The van der Waals surface area contributed by atoms with Gasteiger partial charge in [0.15, 0.2) is 0 Å². The van der Waals surface area contributed by atoms with E-state index >= 15 is 0 Å². The quantitative estimate of drug-likeness (QED) is 0.463. The van der Waals surface area contributed by atoms with Crippen LogP contribution in [0.3, 0.4) is 0 Å². The zero-order chi connectivity index (χ0) is 8.65. The third kappa shape index (κ3) is 3.88. The van der Waals surface area contributed by atoms with Gasteiger partial charge in [0.25, 0.3) is 0 Å². The fraction of sp³-hybridized carbons (Fsp3) is 0.800. The summed E-state index contributed by atoms with van der Waals surface area (Å²) in [7, 11) is 0. The van der Waals surface area contributed by atoms with E-state index in [0.717, 1.165) is 26.2 Å². The van der Waals surface area contributed by atoms with Crippen LogP contribution in [0.4, 0.5) is 0 Å². The van der Waals surface area contributed by atoms with Crippen LogP contribution in [0.2, 0.25) is 0 Å². The Labute approximate surface area is 75.0 Å². The Kier molecular flexibility index (Phi) is 5.04. The molecule has 1 N–H and O–H groups in total. The van der Waals surface area contributed by atoms with Crippen molar-refractivity contribution < 1.29 is 4.74 Å². The SMILES string of the molecule is C=CCCCCCNC1COC1. The predicted octanol–water partition coefficient (Wildman–Crippen LogP) is 1.72. The third-order valence-electron chi connectivity index (χ3n) is 2.16. The van der Waals surface area contributed by atoms with Crippen molar-refractivity contribution in [3.8, 4) is 0 Å². The lowest BCUT2D eigenvalue weighted by Crippen LogP contribution is -2.46. The fourth-order valence-electron chi connectivity index (χ4n) is 1.25. The topological polar surface area (TPSA) is 21.3 Å². The van der Waals surface area contributed by atoms with Gasteiger partial charge in [0.2, 0.25) is 0 Å². The molecule has 2 nitrogen and oxygen atoms in total. The van der Waals surface area contributed by atoms with Crippen LogP contribution >= 0.6 is 0 Å². The molecule has 1 saturated heterocycles. The van der Waals surface area contributed by atoms with Gasteiger partial charge in [0.05, 0.1) is 19.3 Å². The second kappa shape index (κ2) is 6.21. The number of hydrogen-bond donors (Lipinski definition) is 1. The molecule has 0 unspecified atom stereocenters. The predicted molar refractivity (Wildman–Crippen MR) is 51.3 cm³/mol. The minimum Gasteiger partial charge on any atom is -0.378 e. The highest BCUT2D eigenvalue weighted by Gasteiger charge is 2.16. The lowest BCUT2D eigenvalue weighted by Gasteiger charge is -2.26. The van der Waals surface area contributed by atoms with Crippen LogP contribution in [-0.4, -0.2) is 25.8 Å². The smallest absolute Gasteiger partial charge is 0.0643 e. The van der Waals surface area contributed by atoms with Crippen molar-refractivity contribution in [3.05, 3.63) is 12.7 Å². The minimum atomic E-state index is 0.643. The normalized spacial score (nSPS) is 17.3. The molecular formula is C10H19NO. The summed E-state index contributed by atoms with van der Waals surface area (Å²) >= 11 is 0. The summed E-state index contributed by atoms with van der Waals surface area (Å²) in [5.74, 6) is 0. The minimum absolute atomic E-state index is 0.643. The summed E-state index contributed by atoms with van der Waals surface area (Å²) in [5, 5.41) is 3.45. The van der Waals surface area contributed by atoms with Gasteiger partial charge in [-0.25, -0.2) is 0 Å². The molecule has 12 heavy (non-hydrogen) atoms. The van der Waals surface area contributed by atoms with Crippen molar-refractivity contribution >= 4 is 0 Å². The van der Waals surface area contributed by atoms with E-state index in [1.54, 1.807) is 0 Å². The molecule has 0 aliphatic carbocycles. The van der Waals surface area contributed by atoms with Crippen molar-refractivity contribution in [1.29, 1.82) is 0 Å². The van der Waals surface area contributed by atoms with Gasteiger partial charge < -0.3 is 10.1 Å². The zero-order valence-corrected chi connectivity index (χ0v) is 7.72. The van der Waals surface area contributed by atoms with Crippen LogP contribution in [0.1, 0.15) is 25.7 Å². The Morgan fingerprint density at radius 2 is 2.17 bits per heavy atom. The molecule has 70 valence electrons. The highest BCUT2D eigenvalue weighted by Crippen LogP contribution is 2.02. The van der Waals surface area contributed by atoms with E-state index in [1.807, 2.05) is 6.08 Å². The maximum absolute atomic E-state index is 5.05. The molecule has 0 saturated carbocycles. The molecule has 1 fully saturated rings. The Hall–Kier alpha value is -0.340. The molecule has 0 aromatic carbocycles. The average molecular weight is 169 g/mol. The van der Waals surface area contributed by atoms with Gasteiger partial charge in [0.1, 0.15) is 0 Å². The lowest BCUT2D eigenvalue weighted by molar-refractivity contribution is -0.00496. The molecule has 1 aliphatic rings. The number of nitrogens with one attached hydrogen (secondary N) is 1. The Morgan fingerprint density at radius 3 is 2.75 bits per heavy atom. The van der Waals surface area contributed by atoms with Crippen LogP contribution in [-0.2, 0) is 4.74 Å². The van der Waals surface area contributed by atoms with E-state index in [9.17, 15) is 0 Å². The summed E-state index contributed by atoms with van der Waals surface area (Å²) < 4.78 is 5.05. The van der Waals surface area contributed by atoms with Gasteiger partial charge in [-0.3, -0.25) is 0 Å². The van der Waals surface area contributed by atoms with E-state index in [-0.39, 0.29) is 0 Å². The van der Waals surface area contributed by atoms with Gasteiger partial charge >= 0.3 is 0 Å². The number of rotatable bonds is 7. The number of allylic oxidation sites excluding steroid dienone is 1. The second-order valence-corrected chi connectivity index (χ2v) is 3.33. The van der Waals surface area contributed by atoms with Gasteiger partial charge in [-0.05, 0) is 25.8 Å². The second-order valence-electron chi connectivity index (χ2n) is 3.33. The van der Waals surface area contributed by atoms with Crippen molar-refractivity contribution in [2.24, 2.45) is 0 Å². The van der Waals surface area contributed by atoms with Gasteiger partial charge in [0, 0.05) is 0 Å². The maximum Gasteiger partial charge on any atom is 0.0643 e. The molecule has 0 aromatic heterocycles. The van der Waals surface area contributed by atoms with Crippen LogP contribution in [0, 0.1) is 0 Å². The van der Waals surface area contributed by atoms with Gasteiger partial charge in [-0.2, -0.15) is 0 Å². The summed E-state index contributed by atoms with van der Waals surface area (Å²) in [6.45, 7) is 6.66. The monoisotopic (exact) mass is 169 g/mol. The molecule has 1 aliphatic heterocycles. The number of hydrogen-bond acceptors (Lipinski definition) is 2. The number of ether oxygens (including phenoxy) is 1. The third-order valence-corrected chi connectivity index (χ3v) is 2.16. The van der Waals surface area contributed by atoms with E-state index in [0.29, 0.717) is 6.04 Å². The Morgan fingerprint density at radius 1 is 1.33 bits per heavy atom. The molecule has 1 heterocycles. The maximum atomic E-state index is 5.05. The standard InChI is InChI=1S/C10H19NO/c1-2-3-4-5-6-7-11-10-8-12-9-10/h2,10-11H,1,3-9H2. The van der Waals surface area contributed by atoms with Crippen molar-refractivity contribution in [3.63, 3.8) is 0 Å². The van der Waals surface area contributed by atoms with Crippen molar-refractivity contribution in [2.45, 2.75) is 31.7 Å². The summed E-state index contributed by atoms with van der Waals surface area (Å²) in [6.07, 6.45) is 7.03. The first-order valence-electron chi connectivity index (χ1n) is 4.85. The molecule has 0 aromatic rings. The van der Waals surface area contributed by atoms with Crippen molar-refractivity contribution in [2.75, 3.05) is 19.8 Å². The highest BCUT2D eigenvalue weighted by molar-refractivity contribution is 4.72. The summed E-state index contributed by atoms with van der Waals surface area (Å²) in [4.78, 5) is 0. The Bertz CT molecular complexity index is 121. The fourth-order valence-corrected chi connectivity index (χ4v) is 1.25.